The Bertz CT molecular complexity index is 309. The maximum Gasteiger partial charge on any atom is 0.104 e. The Morgan fingerprint density at radius 1 is 0.947 bits per heavy atom. The first-order valence-corrected chi connectivity index (χ1v) is 8.30. The fourth-order valence-corrected chi connectivity index (χ4v) is 4.67. The molecule has 0 bridgehead atoms. The van der Waals surface area contributed by atoms with Gasteiger partial charge in [-0.25, -0.2) is 4.39 Å². The van der Waals surface area contributed by atoms with Crippen molar-refractivity contribution in [1.82, 2.24) is 9.80 Å². The Hall–Kier alpha value is -0.150. The second-order valence-electron chi connectivity index (χ2n) is 6.97. The molecule has 0 aromatic heterocycles. The third kappa shape index (κ3) is 2.56. The summed E-state index contributed by atoms with van der Waals surface area (Å²) in [4.78, 5) is 5.17. The summed E-state index contributed by atoms with van der Waals surface area (Å²) in [7, 11) is 2.27. The van der Waals surface area contributed by atoms with Crippen LogP contribution in [-0.4, -0.2) is 47.8 Å². The average Bonchev–Trinajstić information content (AvgIpc) is 2.67. The average molecular weight is 268 g/mol. The van der Waals surface area contributed by atoms with Crippen LogP contribution in [0.15, 0.2) is 0 Å². The molecule has 1 saturated heterocycles. The van der Waals surface area contributed by atoms with Gasteiger partial charge in [-0.15, -0.1) is 0 Å². The van der Waals surface area contributed by atoms with Crippen molar-refractivity contribution in [1.29, 1.82) is 0 Å². The first-order valence-electron chi connectivity index (χ1n) is 8.30. The predicted octanol–water partition coefficient (Wildman–Crippen LogP) is 3.42. The van der Waals surface area contributed by atoms with Crippen LogP contribution in [0, 0.1) is 5.92 Å². The van der Waals surface area contributed by atoms with Gasteiger partial charge in [-0.05, 0) is 39.7 Å². The zero-order valence-electron chi connectivity index (χ0n) is 12.5. The lowest BCUT2D eigenvalue weighted by molar-refractivity contribution is 0.0736. The summed E-state index contributed by atoms with van der Waals surface area (Å²) in [6.07, 6.45) is 9.59. The van der Waals surface area contributed by atoms with E-state index in [0.717, 1.165) is 31.8 Å². The van der Waals surface area contributed by atoms with Gasteiger partial charge in [0, 0.05) is 24.5 Å². The molecule has 0 spiro atoms. The maximum atomic E-state index is 14.1. The van der Waals surface area contributed by atoms with Crippen molar-refractivity contribution in [2.45, 2.75) is 82.7 Å². The van der Waals surface area contributed by atoms with Crippen LogP contribution >= 0.6 is 0 Å². The minimum absolute atomic E-state index is 0.297. The quantitative estimate of drug-likeness (QED) is 0.757. The zero-order valence-corrected chi connectivity index (χ0v) is 12.5. The van der Waals surface area contributed by atoms with E-state index in [1.165, 1.54) is 32.1 Å². The molecule has 0 radical (unpaired) electrons. The maximum absolute atomic E-state index is 14.1. The monoisotopic (exact) mass is 268 g/mol. The third-order valence-electron chi connectivity index (χ3n) is 5.97. The Kier molecular flexibility index (Phi) is 4.14. The highest BCUT2D eigenvalue weighted by molar-refractivity contribution is 4.98. The number of likely N-dealkylation sites (N-methyl/N-ethyl adjacent to an activating group) is 1. The van der Waals surface area contributed by atoms with Gasteiger partial charge in [0.05, 0.1) is 6.17 Å². The lowest BCUT2D eigenvalue weighted by Crippen LogP contribution is -2.44. The molecular formula is C16H29FN2. The molecule has 5 atom stereocenters. The molecule has 5 unspecified atom stereocenters. The fraction of sp³-hybridized carbons (Fsp3) is 1.00. The van der Waals surface area contributed by atoms with Crippen molar-refractivity contribution >= 4 is 0 Å². The lowest BCUT2D eigenvalue weighted by atomic mass is 9.85. The van der Waals surface area contributed by atoms with E-state index in [2.05, 4.69) is 23.8 Å². The summed E-state index contributed by atoms with van der Waals surface area (Å²) >= 11 is 0. The summed E-state index contributed by atoms with van der Waals surface area (Å²) < 4.78 is 14.1. The molecule has 1 heterocycles. The van der Waals surface area contributed by atoms with Crippen molar-refractivity contribution in [2.24, 2.45) is 5.92 Å². The van der Waals surface area contributed by atoms with Gasteiger partial charge in [0.25, 0.3) is 0 Å². The molecule has 3 rings (SSSR count). The van der Waals surface area contributed by atoms with E-state index in [9.17, 15) is 4.39 Å². The van der Waals surface area contributed by atoms with Crippen LogP contribution in [0.4, 0.5) is 4.39 Å². The number of alkyl halides is 1. The van der Waals surface area contributed by atoms with Crippen molar-refractivity contribution in [3.05, 3.63) is 0 Å². The summed E-state index contributed by atoms with van der Waals surface area (Å²) in [6, 6.07) is 1.42. The van der Waals surface area contributed by atoms with Gasteiger partial charge in [0.2, 0.25) is 0 Å². The van der Waals surface area contributed by atoms with Crippen LogP contribution in [-0.2, 0) is 0 Å². The predicted molar refractivity (Wildman–Crippen MR) is 76.8 cm³/mol. The van der Waals surface area contributed by atoms with Crippen molar-refractivity contribution in [2.75, 3.05) is 13.6 Å². The Morgan fingerprint density at radius 2 is 1.58 bits per heavy atom. The molecule has 3 fully saturated rings. The van der Waals surface area contributed by atoms with E-state index in [1.54, 1.807) is 0 Å². The minimum Gasteiger partial charge on any atom is -0.287 e. The number of hydrogen-bond donors (Lipinski definition) is 0. The second-order valence-corrected chi connectivity index (χ2v) is 6.97. The molecule has 2 aliphatic carbocycles. The van der Waals surface area contributed by atoms with Gasteiger partial charge < -0.3 is 0 Å². The lowest BCUT2D eigenvalue weighted by Gasteiger charge is -2.36. The fourth-order valence-electron chi connectivity index (χ4n) is 4.67. The number of rotatable bonds is 2. The van der Waals surface area contributed by atoms with Gasteiger partial charge in [-0.2, -0.15) is 0 Å². The molecule has 0 amide bonds. The van der Waals surface area contributed by atoms with Gasteiger partial charge in [0.1, 0.15) is 6.17 Å². The van der Waals surface area contributed by atoms with Crippen LogP contribution in [0.25, 0.3) is 0 Å². The molecule has 3 heteroatoms. The first-order chi connectivity index (χ1) is 9.18. The van der Waals surface area contributed by atoms with Gasteiger partial charge in [-0.3, -0.25) is 9.80 Å². The molecule has 0 aromatic rings. The van der Waals surface area contributed by atoms with Crippen molar-refractivity contribution in [3.8, 4) is 0 Å². The molecule has 1 aliphatic heterocycles. The molecular weight excluding hydrogens is 239 g/mol. The number of nitrogens with zero attached hydrogens (tertiary/aromatic N) is 2. The molecule has 19 heavy (non-hydrogen) atoms. The summed E-state index contributed by atoms with van der Waals surface area (Å²) in [5.74, 6) is 0.297. The first kappa shape index (κ1) is 13.8. The minimum atomic E-state index is -0.547. The molecule has 3 aliphatic rings. The van der Waals surface area contributed by atoms with E-state index in [4.69, 9.17) is 0 Å². The van der Waals surface area contributed by atoms with Crippen molar-refractivity contribution < 1.29 is 4.39 Å². The Balaban J connectivity index is 1.68. The summed E-state index contributed by atoms with van der Waals surface area (Å²) in [5.41, 5.74) is 0. The van der Waals surface area contributed by atoms with E-state index in [-0.39, 0.29) is 0 Å². The summed E-state index contributed by atoms with van der Waals surface area (Å²) in [6.45, 7) is 3.31. The molecule has 0 N–H and O–H groups in total. The largest absolute Gasteiger partial charge is 0.287 e. The van der Waals surface area contributed by atoms with Gasteiger partial charge >= 0.3 is 0 Å². The van der Waals surface area contributed by atoms with E-state index in [0.29, 0.717) is 18.1 Å². The Morgan fingerprint density at radius 3 is 2.32 bits per heavy atom. The van der Waals surface area contributed by atoms with E-state index < -0.39 is 6.17 Å². The van der Waals surface area contributed by atoms with Crippen LogP contribution in [0.2, 0.25) is 0 Å². The number of fused-ring (bicyclic) bond motifs is 1. The normalized spacial score (nSPS) is 45.3. The second kappa shape index (κ2) is 5.69. The highest BCUT2D eigenvalue weighted by atomic mass is 19.1. The number of hydrogen-bond acceptors (Lipinski definition) is 2. The summed E-state index contributed by atoms with van der Waals surface area (Å²) in [5, 5.41) is 0. The highest BCUT2D eigenvalue weighted by Gasteiger charge is 2.45. The third-order valence-corrected chi connectivity index (χ3v) is 5.97. The highest BCUT2D eigenvalue weighted by Crippen LogP contribution is 2.37. The Labute approximate surface area is 117 Å². The SMILES string of the molecule is CC1N(C)C2CCCCC2N1CC1CCCCC1F. The van der Waals surface area contributed by atoms with Gasteiger partial charge in [-0.1, -0.05) is 25.7 Å². The molecule has 110 valence electrons. The standard InChI is InChI=1S/C16H29FN2/c1-12-18(2)15-9-5-6-10-16(15)19(12)11-13-7-3-4-8-14(13)17/h12-16H,3-11H2,1-2H3. The van der Waals surface area contributed by atoms with E-state index in [1.807, 2.05) is 0 Å². The van der Waals surface area contributed by atoms with Crippen LogP contribution < -0.4 is 0 Å². The van der Waals surface area contributed by atoms with Crippen LogP contribution in [0.3, 0.4) is 0 Å². The van der Waals surface area contributed by atoms with Crippen molar-refractivity contribution in [3.63, 3.8) is 0 Å². The molecule has 0 aromatic carbocycles. The number of halogens is 1. The van der Waals surface area contributed by atoms with Crippen LogP contribution in [0.1, 0.15) is 58.3 Å². The smallest absolute Gasteiger partial charge is 0.104 e. The topological polar surface area (TPSA) is 6.48 Å². The molecule has 2 saturated carbocycles. The zero-order chi connectivity index (χ0) is 13.4. The molecule has 2 nitrogen and oxygen atoms in total. The van der Waals surface area contributed by atoms with Gasteiger partial charge in [0.15, 0.2) is 0 Å². The van der Waals surface area contributed by atoms with Crippen LogP contribution in [0.5, 0.6) is 0 Å². The van der Waals surface area contributed by atoms with E-state index >= 15 is 0 Å².